The molecule has 1 unspecified atom stereocenters. The lowest BCUT2D eigenvalue weighted by molar-refractivity contribution is 0.0980. The van der Waals surface area contributed by atoms with Crippen molar-refractivity contribution in [2.24, 2.45) is 7.05 Å². The number of carbonyl (C=O) groups excluding carboxylic acids is 1. The second-order valence-corrected chi connectivity index (χ2v) is 9.71. The molecule has 10 heteroatoms. The quantitative estimate of drug-likeness (QED) is 0.315. The second-order valence-electron chi connectivity index (χ2n) is 8.71. The van der Waals surface area contributed by atoms with Gasteiger partial charge in [0.05, 0.1) is 22.6 Å². The van der Waals surface area contributed by atoms with E-state index in [0.29, 0.717) is 28.6 Å². The van der Waals surface area contributed by atoms with E-state index < -0.39 is 0 Å². The number of carbonyl (C=O) groups is 1. The average Bonchev–Trinajstić information content (AvgIpc) is 3.32. The summed E-state index contributed by atoms with van der Waals surface area (Å²) in [6.45, 7) is 3.93. The SMILES string of the molecule is CSNC(=O)c1nc(Cl)ccc1NC(C)c1cc(C)cc2c(=O)n(C)c(NC3CCCC3)nc12. The van der Waals surface area contributed by atoms with E-state index in [4.69, 9.17) is 16.6 Å². The van der Waals surface area contributed by atoms with Crippen molar-refractivity contribution in [1.29, 1.82) is 0 Å². The molecule has 0 bridgehead atoms. The number of benzene rings is 1. The molecule has 1 aliphatic rings. The van der Waals surface area contributed by atoms with Crippen molar-refractivity contribution >= 4 is 52.0 Å². The Morgan fingerprint density at radius 1 is 1.24 bits per heavy atom. The summed E-state index contributed by atoms with van der Waals surface area (Å²) in [5.74, 6) is 0.240. The molecular formula is C24H29ClN6O2S. The van der Waals surface area contributed by atoms with Gasteiger partial charge in [0.15, 0.2) is 5.69 Å². The van der Waals surface area contributed by atoms with Crippen molar-refractivity contribution in [3.8, 4) is 0 Å². The smallest absolute Gasteiger partial charge is 0.281 e. The molecule has 34 heavy (non-hydrogen) atoms. The molecule has 0 aliphatic heterocycles. The number of aryl methyl sites for hydroxylation is 1. The number of halogens is 1. The minimum Gasteiger partial charge on any atom is -0.377 e. The van der Waals surface area contributed by atoms with Crippen LogP contribution in [0, 0.1) is 6.92 Å². The monoisotopic (exact) mass is 500 g/mol. The number of hydrogen-bond acceptors (Lipinski definition) is 7. The van der Waals surface area contributed by atoms with Gasteiger partial charge in [-0.3, -0.25) is 18.9 Å². The summed E-state index contributed by atoms with van der Waals surface area (Å²) in [5.41, 5.74) is 3.14. The van der Waals surface area contributed by atoms with Crippen molar-refractivity contribution in [1.82, 2.24) is 19.3 Å². The van der Waals surface area contributed by atoms with Crippen LogP contribution >= 0.6 is 23.5 Å². The highest BCUT2D eigenvalue weighted by Gasteiger charge is 2.21. The molecule has 2 aromatic heterocycles. The second kappa shape index (κ2) is 10.2. The van der Waals surface area contributed by atoms with Gasteiger partial charge in [0.25, 0.3) is 11.5 Å². The molecule has 4 rings (SSSR count). The van der Waals surface area contributed by atoms with Gasteiger partial charge in [-0.1, -0.05) is 42.5 Å². The number of rotatable bonds is 7. The van der Waals surface area contributed by atoms with Crippen LogP contribution in [-0.4, -0.2) is 32.7 Å². The zero-order valence-corrected chi connectivity index (χ0v) is 21.3. The molecule has 1 saturated carbocycles. The summed E-state index contributed by atoms with van der Waals surface area (Å²) in [6.07, 6.45) is 6.30. The maximum atomic E-state index is 13.2. The van der Waals surface area contributed by atoms with Crippen molar-refractivity contribution < 1.29 is 4.79 Å². The van der Waals surface area contributed by atoms with Gasteiger partial charge in [0.2, 0.25) is 5.95 Å². The Labute approximate surface area is 208 Å². The zero-order chi connectivity index (χ0) is 24.4. The molecule has 1 amide bonds. The highest BCUT2D eigenvalue weighted by molar-refractivity contribution is 7.97. The first-order chi connectivity index (χ1) is 16.3. The van der Waals surface area contributed by atoms with Gasteiger partial charge in [-0.15, -0.1) is 0 Å². The first-order valence-corrected chi connectivity index (χ1v) is 12.9. The Hall–Kier alpha value is -2.78. The van der Waals surface area contributed by atoms with Gasteiger partial charge in [0, 0.05) is 24.9 Å². The first kappa shape index (κ1) is 24.3. The molecule has 0 saturated heterocycles. The fraction of sp³-hybridized carbons (Fsp3) is 0.417. The molecule has 0 spiro atoms. The molecule has 8 nitrogen and oxygen atoms in total. The molecule has 1 aromatic carbocycles. The molecule has 0 radical (unpaired) electrons. The Kier molecular flexibility index (Phi) is 7.33. The van der Waals surface area contributed by atoms with E-state index in [1.165, 1.54) is 24.8 Å². The van der Waals surface area contributed by atoms with Gasteiger partial charge in [-0.2, -0.15) is 0 Å². The Morgan fingerprint density at radius 2 is 1.97 bits per heavy atom. The fourth-order valence-corrected chi connectivity index (χ4v) is 4.87. The van der Waals surface area contributed by atoms with Crippen LogP contribution in [0.5, 0.6) is 0 Å². The third kappa shape index (κ3) is 5.00. The largest absolute Gasteiger partial charge is 0.377 e. The zero-order valence-electron chi connectivity index (χ0n) is 19.7. The van der Waals surface area contributed by atoms with E-state index in [1.807, 2.05) is 26.0 Å². The number of fused-ring (bicyclic) bond motifs is 1. The Balaban J connectivity index is 1.76. The van der Waals surface area contributed by atoms with Crippen LogP contribution < -0.4 is 20.9 Å². The lowest BCUT2D eigenvalue weighted by Crippen LogP contribution is -2.27. The molecule has 3 N–H and O–H groups in total. The number of nitrogens with one attached hydrogen (secondary N) is 3. The number of nitrogens with zero attached hydrogens (tertiary/aromatic N) is 3. The first-order valence-electron chi connectivity index (χ1n) is 11.3. The molecule has 1 aliphatic carbocycles. The average molecular weight is 501 g/mol. The van der Waals surface area contributed by atoms with Gasteiger partial charge in [-0.05, 0) is 50.5 Å². The minimum absolute atomic E-state index is 0.0872. The van der Waals surface area contributed by atoms with Crippen LogP contribution in [0.4, 0.5) is 11.6 Å². The topological polar surface area (TPSA) is 101 Å². The standard InChI is InChI=1S/C24H29ClN6O2S/c1-13-11-16(14(2)26-18-9-10-19(25)28-21(18)22(32)30-34-4)20-17(12-13)23(33)31(3)24(29-20)27-15-7-5-6-8-15/h9-12,14-15,26H,5-8H2,1-4H3,(H,27,29)(H,30,32). The van der Waals surface area contributed by atoms with Crippen LogP contribution in [0.3, 0.4) is 0 Å². The molecule has 180 valence electrons. The number of aromatic nitrogens is 3. The molecule has 1 fully saturated rings. The van der Waals surface area contributed by atoms with E-state index in [-0.39, 0.29) is 28.4 Å². The number of pyridine rings is 1. The van der Waals surface area contributed by atoms with E-state index in [2.05, 4.69) is 20.3 Å². The number of hydrogen-bond donors (Lipinski definition) is 3. The van der Waals surface area contributed by atoms with Crippen LogP contribution in [0.25, 0.3) is 10.9 Å². The summed E-state index contributed by atoms with van der Waals surface area (Å²) in [5, 5.41) is 7.65. The van der Waals surface area contributed by atoms with Gasteiger partial charge in [-0.25, -0.2) is 9.97 Å². The Morgan fingerprint density at radius 3 is 2.68 bits per heavy atom. The number of anilines is 2. The predicted molar refractivity (Wildman–Crippen MR) is 140 cm³/mol. The molecule has 2 heterocycles. The highest BCUT2D eigenvalue weighted by Crippen LogP contribution is 2.29. The molecule has 3 aromatic rings. The van der Waals surface area contributed by atoms with Gasteiger partial charge < -0.3 is 10.6 Å². The normalized spacial score (nSPS) is 14.9. The maximum absolute atomic E-state index is 13.2. The summed E-state index contributed by atoms with van der Waals surface area (Å²) >= 11 is 7.24. The van der Waals surface area contributed by atoms with E-state index >= 15 is 0 Å². The summed E-state index contributed by atoms with van der Waals surface area (Å²) in [7, 11) is 1.76. The third-order valence-corrected chi connectivity index (χ3v) is 6.75. The summed E-state index contributed by atoms with van der Waals surface area (Å²) in [6, 6.07) is 7.35. The van der Waals surface area contributed by atoms with E-state index in [9.17, 15) is 9.59 Å². The summed E-state index contributed by atoms with van der Waals surface area (Å²) < 4.78 is 4.28. The maximum Gasteiger partial charge on any atom is 0.281 e. The van der Waals surface area contributed by atoms with Crippen LogP contribution in [-0.2, 0) is 7.05 Å². The minimum atomic E-state index is -0.339. The highest BCUT2D eigenvalue weighted by atomic mass is 35.5. The van der Waals surface area contributed by atoms with Crippen molar-refractivity contribution in [2.45, 2.75) is 51.6 Å². The number of amides is 1. The van der Waals surface area contributed by atoms with Crippen molar-refractivity contribution in [3.05, 3.63) is 56.6 Å². The van der Waals surface area contributed by atoms with Gasteiger partial charge >= 0.3 is 0 Å². The van der Waals surface area contributed by atoms with Crippen LogP contribution in [0.2, 0.25) is 5.15 Å². The van der Waals surface area contributed by atoms with E-state index in [1.54, 1.807) is 30.0 Å². The Bertz CT molecular complexity index is 1290. The predicted octanol–water partition coefficient (Wildman–Crippen LogP) is 4.83. The van der Waals surface area contributed by atoms with Crippen molar-refractivity contribution in [2.75, 3.05) is 16.9 Å². The van der Waals surface area contributed by atoms with Gasteiger partial charge in [0.1, 0.15) is 5.15 Å². The van der Waals surface area contributed by atoms with Crippen LogP contribution in [0.15, 0.2) is 29.1 Å². The fourth-order valence-electron chi connectivity index (χ4n) is 4.44. The van der Waals surface area contributed by atoms with Crippen LogP contribution in [0.1, 0.15) is 60.3 Å². The van der Waals surface area contributed by atoms with Crippen molar-refractivity contribution in [3.63, 3.8) is 0 Å². The molecule has 1 atom stereocenters. The van der Waals surface area contributed by atoms with E-state index in [0.717, 1.165) is 24.0 Å². The lowest BCUT2D eigenvalue weighted by Gasteiger charge is -2.21. The lowest BCUT2D eigenvalue weighted by atomic mass is 10.0. The summed E-state index contributed by atoms with van der Waals surface area (Å²) in [4.78, 5) is 34.9. The third-order valence-electron chi connectivity index (χ3n) is 6.15. The molecular weight excluding hydrogens is 472 g/mol.